The van der Waals surface area contributed by atoms with Gasteiger partial charge in [0.05, 0.1) is 14.2 Å². The third kappa shape index (κ3) is 6.24. The van der Waals surface area contributed by atoms with E-state index in [1.807, 2.05) is 36.4 Å². The highest BCUT2D eigenvalue weighted by atomic mass is 16.5. The predicted octanol–water partition coefficient (Wildman–Crippen LogP) is 4.72. The summed E-state index contributed by atoms with van der Waals surface area (Å²) in [5, 5.41) is 2.89. The number of esters is 1. The van der Waals surface area contributed by atoms with Gasteiger partial charge in [0.15, 0.2) is 17.6 Å². The third-order valence-electron chi connectivity index (χ3n) is 5.11. The molecule has 2 atom stereocenters. The van der Waals surface area contributed by atoms with Crippen molar-refractivity contribution in [1.82, 2.24) is 0 Å². The highest BCUT2D eigenvalue weighted by Crippen LogP contribution is 2.28. The number of ether oxygens (including phenoxy) is 3. The Bertz CT molecular complexity index is 864. The van der Waals surface area contributed by atoms with Gasteiger partial charge in [0.2, 0.25) is 0 Å². The van der Waals surface area contributed by atoms with Crippen molar-refractivity contribution in [2.24, 2.45) is 0 Å². The summed E-state index contributed by atoms with van der Waals surface area (Å²) in [5.74, 6) is 0.789. The molecule has 0 aliphatic rings. The van der Waals surface area contributed by atoms with E-state index in [1.54, 1.807) is 27.2 Å². The fraction of sp³-hybridized carbons (Fsp3) is 0.417. The van der Waals surface area contributed by atoms with E-state index in [2.05, 4.69) is 19.2 Å². The van der Waals surface area contributed by atoms with Gasteiger partial charge >= 0.3 is 5.97 Å². The predicted molar refractivity (Wildman–Crippen MR) is 117 cm³/mol. The van der Waals surface area contributed by atoms with Crippen molar-refractivity contribution in [1.29, 1.82) is 0 Å². The molecular weight excluding hydrogens is 382 g/mol. The Morgan fingerprint density at radius 1 is 1.00 bits per heavy atom. The molecule has 0 aliphatic carbocycles. The minimum absolute atomic E-state index is 0.163. The van der Waals surface area contributed by atoms with Crippen LogP contribution in [0.25, 0.3) is 0 Å². The van der Waals surface area contributed by atoms with Gasteiger partial charge in [0.25, 0.3) is 5.91 Å². The number of nitrogens with one attached hydrogen (secondary N) is 1. The van der Waals surface area contributed by atoms with Crippen molar-refractivity contribution in [3.05, 3.63) is 53.6 Å². The molecule has 0 spiro atoms. The van der Waals surface area contributed by atoms with Gasteiger partial charge in [0, 0.05) is 12.1 Å². The minimum Gasteiger partial charge on any atom is -0.493 e. The minimum atomic E-state index is -0.882. The highest BCUT2D eigenvalue weighted by molar-refractivity contribution is 5.95. The van der Waals surface area contributed by atoms with Crippen LogP contribution >= 0.6 is 0 Å². The molecule has 2 aromatic carbocycles. The average Bonchev–Trinajstić information content (AvgIpc) is 2.77. The second kappa shape index (κ2) is 11.2. The maximum atomic E-state index is 12.5. The van der Waals surface area contributed by atoms with Crippen LogP contribution in [0, 0.1) is 0 Å². The first-order chi connectivity index (χ1) is 14.4. The summed E-state index contributed by atoms with van der Waals surface area (Å²) in [4.78, 5) is 24.7. The summed E-state index contributed by atoms with van der Waals surface area (Å²) in [6, 6.07) is 13.2. The standard InChI is InChI=1S/C24H31NO5/c1-6-16(2)19-9-7-8-10-20(19)25-24(27)17(3)30-23(26)14-12-18-11-13-21(28-4)22(15-18)29-5/h7-11,13,15-17H,6,12,14H2,1-5H3,(H,25,27)/t16-,17+/m0/s1. The maximum Gasteiger partial charge on any atom is 0.306 e. The molecule has 0 fully saturated rings. The van der Waals surface area contributed by atoms with E-state index in [1.165, 1.54) is 0 Å². The number of hydrogen-bond acceptors (Lipinski definition) is 5. The Kier molecular flexibility index (Phi) is 8.71. The van der Waals surface area contributed by atoms with E-state index in [-0.39, 0.29) is 12.3 Å². The molecule has 2 aromatic rings. The van der Waals surface area contributed by atoms with Crippen molar-refractivity contribution < 1.29 is 23.8 Å². The number of anilines is 1. The Morgan fingerprint density at radius 3 is 2.37 bits per heavy atom. The van der Waals surface area contributed by atoms with E-state index < -0.39 is 12.1 Å². The van der Waals surface area contributed by atoms with Crippen molar-refractivity contribution in [2.45, 2.75) is 52.1 Å². The van der Waals surface area contributed by atoms with Gasteiger partial charge < -0.3 is 19.5 Å². The summed E-state index contributed by atoms with van der Waals surface area (Å²) in [6.45, 7) is 5.80. The van der Waals surface area contributed by atoms with Gasteiger partial charge in [-0.25, -0.2) is 0 Å². The zero-order valence-corrected chi connectivity index (χ0v) is 18.4. The van der Waals surface area contributed by atoms with E-state index in [9.17, 15) is 9.59 Å². The van der Waals surface area contributed by atoms with Crippen LogP contribution in [0.3, 0.4) is 0 Å². The molecule has 2 rings (SSSR count). The highest BCUT2D eigenvalue weighted by Gasteiger charge is 2.20. The number of carbonyl (C=O) groups excluding carboxylic acids is 2. The third-order valence-corrected chi connectivity index (χ3v) is 5.11. The van der Waals surface area contributed by atoms with Gasteiger partial charge in [-0.1, -0.05) is 38.1 Å². The number of para-hydroxylation sites is 1. The lowest BCUT2D eigenvalue weighted by Gasteiger charge is -2.18. The number of aryl methyl sites for hydroxylation is 1. The Morgan fingerprint density at radius 2 is 1.70 bits per heavy atom. The molecule has 162 valence electrons. The summed E-state index contributed by atoms with van der Waals surface area (Å²) in [7, 11) is 3.14. The van der Waals surface area contributed by atoms with Crippen LogP contribution in [-0.4, -0.2) is 32.2 Å². The Labute approximate surface area is 178 Å². The summed E-state index contributed by atoms with van der Waals surface area (Å²) in [5.41, 5.74) is 2.74. The van der Waals surface area contributed by atoms with Crippen molar-refractivity contribution >= 4 is 17.6 Å². The lowest BCUT2D eigenvalue weighted by Crippen LogP contribution is -2.30. The number of hydrogen-bond donors (Lipinski definition) is 1. The van der Waals surface area contributed by atoms with Gasteiger partial charge in [-0.3, -0.25) is 9.59 Å². The summed E-state index contributed by atoms with van der Waals surface area (Å²) < 4.78 is 15.8. The molecule has 0 saturated heterocycles. The van der Waals surface area contributed by atoms with E-state index in [0.29, 0.717) is 23.8 Å². The number of carbonyl (C=O) groups is 2. The molecule has 0 unspecified atom stereocenters. The Balaban J connectivity index is 1.91. The van der Waals surface area contributed by atoms with Crippen LogP contribution in [0.1, 0.15) is 50.7 Å². The van der Waals surface area contributed by atoms with Gasteiger partial charge in [-0.2, -0.15) is 0 Å². The Hall–Kier alpha value is -3.02. The molecular formula is C24H31NO5. The maximum absolute atomic E-state index is 12.5. The largest absolute Gasteiger partial charge is 0.493 e. The van der Waals surface area contributed by atoms with Crippen LogP contribution in [-0.2, 0) is 20.7 Å². The van der Waals surface area contributed by atoms with Crippen molar-refractivity contribution in [3.63, 3.8) is 0 Å². The van der Waals surface area contributed by atoms with Gasteiger partial charge in [-0.15, -0.1) is 0 Å². The normalized spacial score (nSPS) is 12.6. The quantitative estimate of drug-likeness (QED) is 0.571. The zero-order chi connectivity index (χ0) is 22.1. The monoisotopic (exact) mass is 413 g/mol. The zero-order valence-electron chi connectivity index (χ0n) is 18.4. The molecule has 0 saturated carbocycles. The molecule has 6 heteroatoms. The first-order valence-electron chi connectivity index (χ1n) is 10.2. The smallest absolute Gasteiger partial charge is 0.306 e. The lowest BCUT2D eigenvalue weighted by atomic mass is 9.97. The number of benzene rings is 2. The van der Waals surface area contributed by atoms with Crippen molar-refractivity contribution in [3.8, 4) is 11.5 Å². The van der Waals surface area contributed by atoms with Crippen LogP contribution in [0.4, 0.5) is 5.69 Å². The van der Waals surface area contributed by atoms with Crippen LogP contribution in [0.5, 0.6) is 11.5 Å². The lowest BCUT2D eigenvalue weighted by molar-refractivity contribution is -0.153. The number of amides is 1. The number of rotatable bonds is 10. The SMILES string of the molecule is CC[C@H](C)c1ccccc1NC(=O)[C@@H](C)OC(=O)CCc1ccc(OC)c(OC)c1. The second-order valence-electron chi connectivity index (χ2n) is 7.21. The molecule has 6 nitrogen and oxygen atoms in total. The summed E-state index contributed by atoms with van der Waals surface area (Å²) in [6.07, 6.45) is 0.724. The number of methoxy groups -OCH3 is 2. The fourth-order valence-electron chi connectivity index (χ4n) is 3.09. The van der Waals surface area contributed by atoms with E-state index in [4.69, 9.17) is 14.2 Å². The first-order valence-corrected chi connectivity index (χ1v) is 10.2. The molecule has 0 radical (unpaired) electrons. The van der Waals surface area contributed by atoms with Crippen LogP contribution in [0.15, 0.2) is 42.5 Å². The van der Waals surface area contributed by atoms with E-state index >= 15 is 0 Å². The van der Waals surface area contributed by atoms with Gasteiger partial charge in [-0.05, 0) is 55.0 Å². The second-order valence-corrected chi connectivity index (χ2v) is 7.21. The van der Waals surface area contributed by atoms with E-state index in [0.717, 1.165) is 23.2 Å². The van der Waals surface area contributed by atoms with Crippen molar-refractivity contribution in [2.75, 3.05) is 19.5 Å². The van der Waals surface area contributed by atoms with Crippen LogP contribution in [0.2, 0.25) is 0 Å². The molecule has 0 aliphatic heterocycles. The fourth-order valence-corrected chi connectivity index (χ4v) is 3.09. The molecule has 0 aromatic heterocycles. The average molecular weight is 414 g/mol. The first kappa shape index (κ1) is 23.3. The molecule has 30 heavy (non-hydrogen) atoms. The molecule has 1 N–H and O–H groups in total. The van der Waals surface area contributed by atoms with Crippen LogP contribution < -0.4 is 14.8 Å². The van der Waals surface area contributed by atoms with Gasteiger partial charge in [0.1, 0.15) is 0 Å². The molecule has 0 bridgehead atoms. The summed E-state index contributed by atoms with van der Waals surface area (Å²) >= 11 is 0. The topological polar surface area (TPSA) is 73.9 Å². The molecule has 1 amide bonds. The molecule has 0 heterocycles.